The van der Waals surface area contributed by atoms with Gasteiger partial charge in [-0.25, -0.2) is 4.99 Å². The van der Waals surface area contributed by atoms with E-state index >= 15 is 0 Å². The molecular weight excluding hydrogens is 492 g/mol. The van der Waals surface area contributed by atoms with Crippen molar-refractivity contribution in [1.82, 2.24) is 15.2 Å². The number of hydrogen-bond donors (Lipinski definition) is 3. The van der Waals surface area contributed by atoms with Gasteiger partial charge in [-0.2, -0.15) is 0 Å². The molecule has 0 atom stereocenters. The number of benzene rings is 2. The van der Waals surface area contributed by atoms with Crippen LogP contribution < -0.4 is 5.32 Å². The number of piperazine rings is 1. The molecule has 1 fully saturated rings. The second-order valence-corrected chi connectivity index (χ2v) is 8.74. The maximum Gasteiger partial charge on any atom is 0.270 e. The Hall–Kier alpha value is -3.28. The lowest BCUT2D eigenvalue weighted by molar-refractivity contribution is -0.384. The van der Waals surface area contributed by atoms with Gasteiger partial charge in [0.15, 0.2) is 5.88 Å². The molecule has 0 amide bonds. The molecule has 0 aliphatic carbocycles. The number of aromatic amines is 1. The fourth-order valence-electron chi connectivity index (χ4n) is 4.10. The first-order valence-electron chi connectivity index (χ1n) is 10.5. The summed E-state index contributed by atoms with van der Waals surface area (Å²) in [4.78, 5) is 26.4. The predicted molar refractivity (Wildman–Crippen MR) is 129 cm³/mol. The van der Waals surface area contributed by atoms with Crippen molar-refractivity contribution in [1.29, 1.82) is 0 Å². The van der Waals surface area contributed by atoms with E-state index in [1.165, 1.54) is 12.1 Å². The van der Waals surface area contributed by atoms with Crippen molar-refractivity contribution in [2.75, 3.05) is 39.3 Å². The normalized spacial score (nSPS) is 17.4. The Kier molecular flexibility index (Phi) is 5.83. The molecule has 2 aromatic carbocycles. The van der Waals surface area contributed by atoms with Crippen molar-refractivity contribution in [2.24, 2.45) is 10.1 Å². The van der Waals surface area contributed by atoms with Gasteiger partial charge in [-0.3, -0.25) is 15.0 Å². The maximum atomic E-state index is 11.4. The van der Waals surface area contributed by atoms with Crippen molar-refractivity contribution < 1.29 is 14.9 Å². The monoisotopic (exact) mass is 512 g/mol. The molecule has 3 aromatic rings. The van der Waals surface area contributed by atoms with Crippen molar-refractivity contribution in [3.63, 3.8) is 0 Å². The lowest BCUT2D eigenvalue weighted by Gasteiger charge is -2.26. The number of hydrogen-bond acceptors (Lipinski definition) is 8. The molecule has 1 aromatic heterocycles. The lowest BCUT2D eigenvalue weighted by atomic mass is 10.0. The first-order valence-corrected chi connectivity index (χ1v) is 11.3. The Morgan fingerprint density at radius 1 is 1.24 bits per heavy atom. The number of fused-ring (bicyclic) bond motifs is 2. The molecule has 0 radical (unpaired) electrons. The number of aromatic hydroxyl groups is 1. The van der Waals surface area contributed by atoms with Gasteiger partial charge in [-0.1, -0.05) is 27.2 Å². The molecule has 33 heavy (non-hydrogen) atoms. The van der Waals surface area contributed by atoms with E-state index in [2.05, 4.69) is 41.3 Å². The van der Waals surface area contributed by atoms with E-state index in [1.54, 1.807) is 6.07 Å². The zero-order valence-corrected chi connectivity index (χ0v) is 19.1. The van der Waals surface area contributed by atoms with E-state index in [0.29, 0.717) is 34.8 Å². The third kappa shape index (κ3) is 4.22. The Labute approximate surface area is 197 Å². The van der Waals surface area contributed by atoms with Gasteiger partial charge in [0.2, 0.25) is 0 Å². The second kappa shape index (κ2) is 8.93. The van der Waals surface area contributed by atoms with Crippen LogP contribution in [0.25, 0.3) is 10.9 Å². The number of H-pyrrole nitrogens is 1. The third-order valence-electron chi connectivity index (χ3n) is 5.74. The van der Waals surface area contributed by atoms with Gasteiger partial charge in [0, 0.05) is 60.3 Å². The molecule has 1 saturated heterocycles. The summed E-state index contributed by atoms with van der Waals surface area (Å²) >= 11 is 3.43. The predicted octanol–water partition coefficient (Wildman–Crippen LogP) is 3.30. The van der Waals surface area contributed by atoms with Crippen LogP contribution in [0.15, 0.2) is 51.0 Å². The Balaban J connectivity index is 1.50. The highest BCUT2D eigenvalue weighted by Gasteiger charge is 2.31. The van der Waals surface area contributed by atoms with Crippen LogP contribution in [0.1, 0.15) is 11.1 Å². The number of aromatic nitrogens is 1. The Morgan fingerprint density at radius 3 is 2.85 bits per heavy atom. The largest absolute Gasteiger partial charge is 0.494 e. The van der Waals surface area contributed by atoms with Crippen molar-refractivity contribution >= 4 is 49.6 Å². The van der Waals surface area contributed by atoms with Crippen LogP contribution in [0, 0.1) is 10.1 Å². The smallest absolute Gasteiger partial charge is 0.270 e. The first-order chi connectivity index (χ1) is 16.0. The first kappa shape index (κ1) is 21.6. The van der Waals surface area contributed by atoms with Gasteiger partial charge in [0.25, 0.3) is 5.69 Å². The number of oxime groups is 1. The minimum atomic E-state index is -0.457. The molecule has 0 saturated carbocycles. The van der Waals surface area contributed by atoms with Crippen molar-refractivity contribution in [2.45, 2.75) is 0 Å². The molecule has 11 heteroatoms. The second-order valence-electron chi connectivity index (χ2n) is 7.82. The fraction of sp³-hybridized carbons (Fsp3) is 0.273. The quantitative estimate of drug-likeness (QED) is 0.264. The average molecular weight is 513 g/mol. The molecule has 3 N–H and O–H groups in total. The zero-order valence-electron chi connectivity index (χ0n) is 17.5. The maximum absolute atomic E-state index is 11.4. The molecule has 170 valence electrons. The molecule has 0 unspecified atom stereocenters. The highest BCUT2D eigenvalue weighted by atomic mass is 79.9. The molecular formula is C22H21BrN6O4. The summed E-state index contributed by atoms with van der Waals surface area (Å²) in [5, 5.41) is 30.5. The van der Waals surface area contributed by atoms with Gasteiger partial charge in [-0.15, -0.1) is 0 Å². The number of nitro groups is 1. The summed E-state index contributed by atoms with van der Waals surface area (Å²) in [5.41, 5.74) is 2.91. The van der Waals surface area contributed by atoms with Gasteiger partial charge < -0.3 is 20.2 Å². The number of rotatable bonds is 6. The molecule has 10 nitrogen and oxygen atoms in total. The summed E-state index contributed by atoms with van der Waals surface area (Å²) in [6.07, 6.45) is 0. The number of nitrogens with one attached hydrogen (secondary N) is 2. The summed E-state index contributed by atoms with van der Waals surface area (Å²) < 4.78 is 0.861. The van der Waals surface area contributed by atoms with E-state index in [0.717, 1.165) is 48.1 Å². The molecule has 2 aliphatic heterocycles. The number of halogens is 1. The van der Waals surface area contributed by atoms with E-state index in [9.17, 15) is 15.2 Å². The third-order valence-corrected chi connectivity index (χ3v) is 6.24. The van der Waals surface area contributed by atoms with Gasteiger partial charge in [0.1, 0.15) is 18.0 Å². The number of nitro benzene ring substituents is 1. The minimum absolute atomic E-state index is 0.0577. The summed E-state index contributed by atoms with van der Waals surface area (Å²) in [5.74, 6) is -0.0577. The highest BCUT2D eigenvalue weighted by molar-refractivity contribution is 9.10. The van der Waals surface area contributed by atoms with E-state index in [4.69, 9.17) is 4.84 Å². The summed E-state index contributed by atoms with van der Waals surface area (Å²) in [7, 11) is 0. The molecule has 3 heterocycles. The molecule has 0 bridgehead atoms. The van der Waals surface area contributed by atoms with E-state index < -0.39 is 4.92 Å². The van der Waals surface area contributed by atoms with Crippen LogP contribution in [0.3, 0.4) is 0 Å². The minimum Gasteiger partial charge on any atom is -0.494 e. The van der Waals surface area contributed by atoms with Crippen molar-refractivity contribution in [3.05, 3.63) is 62.1 Å². The summed E-state index contributed by atoms with van der Waals surface area (Å²) in [6.45, 7) is 4.87. The average Bonchev–Trinajstić information content (AvgIpc) is 3.32. The van der Waals surface area contributed by atoms with Crippen molar-refractivity contribution in [3.8, 4) is 5.88 Å². The number of aliphatic imine (C=N–C) groups is 1. The standard InChI is InChI=1S/C22H21BrN6O4/c23-13-1-3-15-18(11-13)26-22(30)19(15)21-20(27-33-10-9-28-7-5-24-6-8-28)16-12-14(29(31)32)2-4-17(16)25-21/h1-4,11-12,24,26,30H,5-10H2/b27-20+. The van der Waals surface area contributed by atoms with Crippen LogP contribution in [0.2, 0.25) is 0 Å². The summed E-state index contributed by atoms with van der Waals surface area (Å²) in [6, 6.07) is 10.0. The highest BCUT2D eigenvalue weighted by Crippen LogP contribution is 2.37. The molecule has 2 aliphatic rings. The zero-order chi connectivity index (χ0) is 22.9. The SMILES string of the molecule is O=[N+]([O-])c1ccc2c(c1)/C(=N\OCCN1CCNCC1)C(c1c(O)[nH]c3cc(Br)ccc13)=N2. The van der Waals surface area contributed by atoms with Crippen LogP contribution in [0.5, 0.6) is 5.88 Å². The topological polar surface area (TPSA) is 128 Å². The van der Waals surface area contributed by atoms with E-state index in [1.807, 2.05) is 18.2 Å². The number of nitrogens with zero attached hydrogens (tertiary/aromatic N) is 4. The van der Waals surface area contributed by atoms with Crippen LogP contribution in [-0.4, -0.2) is 70.7 Å². The Bertz CT molecular complexity index is 1300. The number of non-ortho nitro benzene ring substituents is 1. The van der Waals surface area contributed by atoms with Crippen LogP contribution >= 0.6 is 15.9 Å². The van der Waals surface area contributed by atoms with Crippen LogP contribution in [-0.2, 0) is 4.84 Å². The lowest BCUT2D eigenvalue weighted by Crippen LogP contribution is -2.44. The van der Waals surface area contributed by atoms with Gasteiger partial charge >= 0.3 is 0 Å². The van der Waals surface area contributed by atoms with Gasteiger partial charge in [0.05, 0.1) is 21.7 Å². The molecule has 0 spiro atoms. The molecule has 5 rings (SSSR count). The van der Waals surface area contributed by atoms with E-state index in [-0.39, 0.29) is 11.6 Å². The fourth-order valence-corrected chi connectivity index (χ4v) is 4.46. The van der Waals surface area contributed by atoms with Crippen LogP contribution in [0.4, 0.5) is 11.4 Å². The van der Waals surface area contributed by atoms with Gasteiger partial charge in [-0.05, 0) is 18.2 Å². The Morgan fingerprint density at radius 2 is 2.06 bits per heavy atom.